The molecule has 0 fully saturated rings. The van der Waals surface area contributed by atoms with Crippen molar-refractivity contribution in [1.82, 2.24) is 0 Å². The summed E-state index contributed by atoms with van der Waals surface area (Å²) in [5, 5.41) is 0. The third-order valence-corrected chi connectivity index (χ3v) is 18.2. The quantitative estimate of drug-likeness (QED) is 0.397. The van der Waals surface area contributed by atoms with E-state index < -0.39 is 18.4 Å². The Morgan fingerprint density at radius 3 is 1.26 bits per heavy atom. The van der Waals surface area contributed by atoms with Gasteiger partial charge in [0.2, 0.25) is 0 Å². The summed E-state index contributed by atoms with van der Waals surface area (Å²) in [6.07, 6.45) is 0. The second-order valence-corrected chi connectivity index (χ2v) is 22.1. The van der Waals surface area contributed by atoms with Crippen LogP contribution in [0.1, 0.15) is 69.2 Å². The van der Waals surface area contributed by atoms with E-state index in [2.05, 4.69) is 79.1 Å². The molecule has 1 rings (SSSR count). The van der Waals surface area contributed by atoms with Crippen LogP contribution in [0.4, 0.5) is 0 Å². The van der Waals surface area contributed by atoms with Gasteiger partial charge in [0.05, 0.1) is 0 Å². The van der Waals surface area contributed by atoms with E-state index in [0.717, 1.165) is 18.3 Å². The summed E-state index contributed by atoms with van der Waals surface area (Å²) in [5.74, 6) is 3.53. The number of hydrogen-bond donors (Lipinski definition) is 0. The molecule has 0 aromatic heterocycles. The summed E-state index contributed by atoms with van der Waals surface area (Å²) in [4.78, 5) is 5.37. The SMILES string of the molecule is CC(C)B(C1=[C](C(C)C)[Sn]([CH3])([CH3])[C](C(C)C)=C1C(C)C)C(C)C. The van der Waals surface area contributed by atoms with Crippen LogP contribution >= 0.6 is 0 Å². The van der Waals surface area contributed by atoms with E-state index in [1.165, 1.54) is 0 Å². The van der Waals surface area contributed by atoms with Gasteiger partial charge in [-0.1, -0.05) is 0 Å². The van der Waals surface area contributed by atoms with Gasteiger partial charge in [0.15, 0.2) is 0 Å². The van der Waals surface area contributed by atoms with E-state index in [1.807, 2.05) is 12.7 Å². The molecule has 0 aromatic carbocycles. The van der Waals surface area contributed by atoms with Gasteiger partial charge in [0.1, 0.15) is 0 Å². The van der Waals surface area contributed by atoms with Gasteiger partial charge in [-0.25, -0.2) is 0 Å². The Morgan fingerprint density at radius 1 is 0.609 bits per heavy atom. The maximum atomic E-state index is 2.69. The van der Waals surface area contributed by atoms with Gasteiger partial charge in [-0.3, -0.25) is 0 Å². The monoisotopic (exact) mass is 424 g/mol. The van der Waals surface area contributed by atoms with Crippen molar-refractivity contribution in [3.8, 4) is 0 Å². The maximum absolute atomic E-state index is 2.69. The van der Waals surface area contributed by atoms with E-state index in [1.54, 1.807) is 5.57 Å². The molecule has 0 amide bonds. The van der Waals surface area contributed by atoms with E-state index in [-0.39, 0.29) is 0 Å². The molecule has 0 radical (unpaired) electrons. The first-order valence-corrected chi connectivity index (χ1v) is 18.4. The third-order valence-electron chi connectivity index (χ3n) is 5.72. The molecule has 0 saturated carbocycles. The van der Waals surface area contributed by atoms with Gasteiger partial charge in [0.25, 0.3) is 0 Å². The van der Waals surface area contributed by atoms with Crippen LogP contribution in [0.2, 0.25) is 21.5 Å². The number of rotatable bonds is 6. The van der Waals surface area contributed by atoms with Gasteiger partial charge in [-0.2, -0.15) is 0 Å². The van der Waals surface area contributed by atoms with Gasteiger partial charge in [-0.05, 0) is 0 Å². The van der Waals surface area contributed by atoms with Gasteiger partial charge in [0, 0.05) is 0 Å². The van der Waals surface area contributed by atoms with E-state index in [9.17, 15) is 0 Å². The molecule has 132 valence electrons. The third kappa shape index (κ3) is 3.96. The average molecular weight is 423 g/mol. The molecular formula is C21H41BSn. The Hall–Kier alpha value is 0.344. The standard InChI is InChI=1S/C19H35B.2CH3.Sn/c1-13(2)11-18(15(5)6)19(12-14(3)4)20(16(7)8)17(9)10;;;/h13-17H,1-10H3;2*1H3;. The zero-order valence-corrected chi connectivity index (χ0v) is 20.8. The topological polar surface area (TPSA) is 0 Å². The summed E-state index contributed by atoms with van der Waals surface area (Å²) in [6, 6.07) is 0. The van der Waals surface area contributed by atoms with Crippen molar-refractivity contribution >= 4 is 25.1 Å². The molecule has 2 heteroatoms. The zero-order valence-electron chi connectivity index (χ0n) is 18.0. The molecule has 0 spiro atoms. The molecule has 0 atom stereocenters. The number of allylic oxidation sites excluding steroid dienone is 4. The van der Waals surface area contributed by atoms with E-state index in [4.69, 9.17) is 0 Å². The zero-order chi connectivity index (χ0) is 18.3. The predicted octanol–water partition coefficient (Wildman–Crippen LogP) is 7.20. The van der Waals surface area contributed by atoms with Crippen LogP contribution in [-0.2, 0) is 0 Å². The summed E-state index contributed by atoms with van der Waals surface area (Å²) >= 11 is -2.39. The molecule has 0 saturated heterocycles. The second kappa shape index (κ2) is 7.71. The van der Waals surface area contributed by atoms with Crippen molar-refractivity contribution in [3.05, 3.63) is 18.2 Å². The molecule has 1 aliphatic heterocycles. The van der Waals surface area contributed by atoms with Crippen LogP contribution in [-0.4, -0.2) is 25.1 Å². The Labute approximate surface area is 151 Å². The fourth-order valence-corrected chi connectivity index (χ4v) is 20.6. The first-order chi connectivity index (χ1) is 10.4. The molecule has 0 N–H and O–H groups in total. The van der Waals surface area contributed by atoms with Crippen molar-refractivity contribution in [2.24, 2.45) is 17.8 Å². The molecule has 0 unspecified atom stereocenters. The average Bonchev–Trinajstić information content (AvgIpc) is 2.55. The molecular weight excluding hydrogens is 382 g/mol. The fourth-order valence-electron chi connectivity index (χ4n) is 5.59. The van der Waals surface area contributed by atoms with E-state index >= 15 is 0 Å². The van der Waals surface area contributed by atoms with Gasteiger partial charge < -0.3 is 0 Å². The van der Waals surface area contributed by atoms with Crippen LogP contribution in [0.15, 0.2) is 18.2 Å². The van der Waals surface area contributed by atoms with Crippen LogP contribution in [0.25, 0.3) is 0 Å². The first kappa shape index (κ1) is 21.4. The Balaban J connectivity index is 3.82. The Morgan fingerprint density at radius 2 is 1.00 bits per heavy atom. The normalized spacial score (nSPS) is 18.7. The molecule has 23 heavy (non-hydrogen) atoms. The summed E-state index contributed by atoms with van der Waals surface area (Å²) < 4.78 is 3.85. The second-order valence-electron chi connectivity index (χ2n) is 9.76. The minimum absolute atomic E-state index is 0.662. The molecule has 0 bridgehead atoms. The van der Waals surface area contributed by atoms with Crippen LogP contribution in [0.3, 0.4) is 0 Å². The summed E-state index contributed by atoms with van der Waals surface area (Å²) in [5.41, 5.74) is 3.61. The van der Waals surface area contributed by atoms with Crippen molar-refractivity contribution in [2.45, 2.75) is 90.8 Å². The first-order valence-electron chi connectivity index (χ1n) is 9.84. The van der Waals surface area contributed by atoms with Crippen molar-refractivity contribution < 1.29 is 0 Å². The van der Waals surface area contributed by atoms with Gasteiger partial charge >= 0.3 is 152 Å². The van der Waals surface area contributed by atoms with Crippen molar-refractivity contribution in [1.29, 1.82) is 0 Å². The molecule has 0 nitrogen and oxygen atoms in total. The Bertz CT molecular complexity index is 482. The molecule has 1 heterocycles. The summed E-state index contributed by atoms with van der Waals surface area (Å²) in [6.45, 7) is 25.1. The minimum atomic E-state index is -2.39. The molecule has 0 aliphatic carbocycles. The van der Waals surface area contributed by atoms with Crippen LogP contribution in [0, 0.1) is 17.8 Å². The predicted molar refractivity (Wildman–Crippen MR) is 112 cm³/mol. The molecule has 1 aliphatic rings. The summed E-state index contributed by atoms with van der Waals surface area (Å²) in [7, 11) is 0. The van der Waals surface area contributed by atoms with Crippen LogP contribution in [0.5, 0.6) is 0 Å². The van der Waals surface area contributed by atoms with Gasteiger partial charge in [-0.15, -0.1) is 0 Å². The Kier molecular flexibility index (Phi) is 7.17. The van der Waals surface area contributed by atoms with Crippen molar-refractivity contribution in [2.75, 3.05) is 0 Å². The molecule has 0 aromatic rings. The van der Waals surface area contributed by atoms with E-state index in [0.29, 0.717) is 17.8 Å². The van der Waals surface area contributed by atoms with Crippen molar-refractivity contribution in [3.63, 3.8) is 0 Å². The fraction of sp³-hybridized carbons (Fsp3) is 0.810. The number of hydrogen-bond acceptors (Lipinski definition) is 0. The van der Waals surface area contributed by atoms with Crippen LogP contribution < -0.4 is 0 Å².